The summed E-state index contributed by atoms with van der Waals surface area (Å²) in [5, 5.41) is 18.8. The van der Waals surface area contributed by atoms with Crippen LogP contribution in [0.3, 0.4) is 0 Å². The van der Waals surface area contributed by atoms with Crippen LogP contribution in [0.4, 0.5) is 0 Å². The molecule has 0 saturated heterocycles. The largest absolute Gasteiger partial charge is 0.458 e. The van der Waals surface area contributed by atoms with Crippen molar-refractivity contribution in [3.63, 3.8) is 0 Å². The van der Waals surface area contributed by atoms with Crippen molar-refractivity contribution in [1.29, 1.82) is 5.26 Å². The first-order chi connectivity index (χ1) is 11.5. The Morgan fingerprint density at radius 2 is 2.04 bits per heavy atom. The van der Waals surface area contributed by atoms with Crippen molar-refractivity contribution in [2.45, 2.75) is 26.4 Å². The monoisotopic (exact) mass is 324 g/mol. The van der Waals surface area contributed by atoms with Gasteiger partial charge in [0.05, 0.1) is 5.92 Å². The number of fused-ring (bicyclic) bond motifs is 1. The van der Waals surface area contributed by atoms with Crippen molar-refractivity contribution in [1.82, 2.24) is 0 Å². The highest BCUT2D eigenvalue weighted by Crippen LogP contribution is 2.41. The van der Waals surface area contributed by atoms with Gasteiger partial charge in [-0.25, -0.2) is 0 Å². The average Bonchev–Trinajstić information content (AvgIpc) is 2.56. The Morgan fingerprint density at radius 1 is 1.29 bits per heavy atom. The third-order valence-electron chi connectivity index (χ3n) is 4.15. The number of rotatable bonds is 2. The van der Waals surface area contributed by atoms with Gasteiger partial charge < -0.3 is 20.0 Å². The van der Waals surface area contributed by atoms with Gasteiger partial charge in [0.15, 0.2) is 5.76 Å². The van der Waals surface area contributed by atoms with Crippen LogP contribution < -0.4 is 15.9 Å². The van der Waals surface area contributed by atoms with Crippen molar-refractivity contribution in [3.8, 4) is 11.8 Å². The van der Waals surface area contributed by atoms with Crippen LogP contribution in [0.2, 0.25) is 0 Å². The highest BCUT2D eigenvalue weighted by atomic mass is 16.5. The predicted octanol–water partition coefficient (Wildman–Crippen LogP) is 1.97. The fraction of sp³-hybridized carbons (Fsp3) is 0.222. The van der Waals surface area contributed by atoms with E-state index < -0.39 is 18.0 Å². The van der Waals surface area contributed by atoms with Gasteiger partial charge in [-0.15, -0.1) is 0 Å². The molecule has 6 nitrogen and oxygen atoms in total. The summed E-state index contributed by atoms with van der Waals surface area (Å²) in [6.45, 7) is 3.51. The Labute approximate surface area is 138 Å². The highest BCUT2D eigenvalue weighted by molar-refractivity contribution is 5.52. The molecule has 0 radical (unpaired) electrons. The van der Waals surface area contributed by atoms with Gasteiger partial charge in [-0.3, -0.25) is 4.79 Å². The minimum Gasteiger partial charge on any atom is -0.458 e. The molecule has 0 fully saturated rings. The molecule has 3 N–H and O–H groups in total. The number of nitrogens with zero attached hydrogens (tertiary/aromatic N) is 1. The Bertz CT molecular complexity index is 950. The maximum absolute atomic E-state index is 12.2. The lowest BCUT2D eigenvalue weighted by Crippen LogP contribution is -2.25. The van der Waals surface area contributed by atoms with Gasteiger partial charge in [0.1, 0.15) is 24.0 Å². The summed E-state index contributed by atoms with van der Waals surface area (Å²) in [7, 11) is 0. The molecule has 2 heterocycles. The number of ether oxygens (including phenoxy) is 1. The lowest BCUT2D eigenvalue weighted by atomic mass is 9.86. The molecule has 1 aromatic heterocycles. The molecule has 0 bridgehead atoms. The molecule has 1 atom stereocenters. The summed E-state index contributed by atoms with van der Waals surface area (Å²) in [6.07, 6.45) is 0. The zero-order valence-electron chi connectivity index (χ0n) is 13.3. The smallest absolute Gasteiger partial charge is 0.228 e. The Balaban J connectivity index is 2.30. The first kappa shape index (κ1) is 15.8. The lowest BCUT2D eigenvalue weighted by Gasteiger charge is -2.25. The van der Waals surface area contributed by atoms with Crippen molar-refractivity contribution in [3.05, 3.63) is 74.2 Å². The number of aliphatic hydroxyl groups excluding tert-OH is 1. The minimum absolute atomic E-state index is 0.0491. The van der Waals surface area contributed by atoms with Gasteiger partial charge in [0.2, 0.25) is 17.1 Å². The van der Waals surface area contributed by atoms with Crippen LogP contribution in [0.25, 0.3) is 0 Å². The van der Waals surface area contributed by atoms with Crippen LogP contribution >= 0.6 is 0 Å². The van der Waals surface area contributed by atoms with E-state index in [-0.39, 0.29) is 28.7 Å². The van der Waals surface area contributed by atoms with E-state index in [0.717, 1.165) is 22.8 Å². The minimum atomic E-state index is -0.655. The SMILES string of the molecule is Cc1ccc(C2C(C#N)=C(N)Oc3c2oc(CO)cc3=O)cc1C. The number of aliphatic hydroxyl groups is 1. The molecule has 0 aliphatic carbocycles. The average molecular weight is 324 g/mol. The first-order valence-corrected chi connectivity index (χ1v) is 7.38. The maximum atomic E-state index is 12.2. The zero-order chi connectivity index (χ0) is 17.4. The van der Waals surface area contributed by atoms with E-state index in [0.29, 0.717) is 0 Å². The summed E-state index contributed by atoms with van der Waals surface area (Å²) in [4.78, 5) is 12.2. The number of allylic oxidation sites excluding steroid dienone is 1. The molecule has 0 saturated carbocycles. The van der Waals surface area contributed by atoms with Gasteiger partial charge in [-0.1, -0.05) is 18.2 Å². The van der Waals surface area contributed by atoms with E-state index in [4.69, 9.17) is 14.9 Å². The molecule has 0 amide bonds. The fourth-order valence-electron chi connectivity index (χ4n) is 2.74. The normalized spacial score (nSPS) is 16.3. The number of benzene rings is 1. The second kappa shape index (κ2) is 5.87. The Hall–Kier alpha value is -3.04. The third kappa shape index (κ3) is 2.45. The number of nitrogens with two attached hydrogens (primary N) is 1. The van der Waals surface area contributed by atoms with Gasteiger partial charge in [0, 0.05) is 6.07 Å². The van der Waals surface area contributed by atoms with E-state index in [1.54, 1.807) is 0 Å². The molecule has 122 valence electrons. The second-order valence-corrected chi connectivity index (χ2v) is 5.70. The summed E-state index contributed by atoms with van der Waals surface area (Å²) in [5.74, 6) is -0.532. The van der Waals surface area contributed by atoms with Crippen LogP contribution in [0.5, 0.6) is 5.75 Å². The van der Waals surface area contributed by atoms with E-state index in [1.165, 1.54) is 0 Å². The van der Waals surface area contributed by atoms with E-state index in [2.05, 4.69) is 0 Å². The predicted molar refractivity (Wildman–Crippen MR) is 86.1 cm³/mol. The van der Waals surface area contributed by atoms with Crippen LogP contribution in [-0.2, 0) is 6.61 Å². The summed E-state index contributed by atoms with van der Waals surface area (Å²) < 4.78 is 10.9. The molecule has 6 heteroatoms. The highest BCUT2D eigenvalue weighted by Gasteiger charge is 2.35. The molecule has 1 aromatic carbocycles. The number of aryl methyl sites for hydroxylation is 2. The quantitative estimate of drug-likeness (QED) is 0.874. The number of nitriles is 1. The van der Waals surface area contributed by atoms with Gasteiger partial charge >= 0.3 is 0 Å². The lowest BCUT2D eigenvalue weighted by molar-refractivity contribution is 0.231. The number of hydrogen-bond acceptors (Lipinski definition) is 6. The van der Waals surface area contributed by atoms with Crippen LogP contribution in [0, 0.1) is 25.2 Å². The summed E-state index contributed by atoms with van der Waals surface area (Å²) in [6, 6.07) is 8.90. The van der Waals surface area contributed by atoms with Gasteiger partial charge in [0.25, 0.3) is 0 Å². The van der Waals surface area contributed by atoms with Crippen LogP contribution in [-0.4, -0.2) is 5.11 Å². The molecule has 1 unspecified atom stereocenters. The molecular formula is C18H16N2O4. The van der Waals surface area contributed by atoms with Gasteiger partial charge in [-0.2, -0.15) is 5.26 Å². The van der Waals surface area contributed by atoms with E-state index in [1.807, 2.05) is 38.1 Å². The summed E-state index contributed by atoms with van der Waals surface area (Å²) >= 11 is 0. The molecule has 2 aromatic rings. The Morgan fingerprint density at radius 3 is 2.67 bits per heavy atom. The van der Waals surface area contributed by atoms with E-state index in [9.17, 15) is 15.2 Å². The molecule has 1 aliphatic heterocycles. The third-order valence-corrected chi connectivity index (χ3v) is 4.15. The van der Waals surface area contributed by atoms with Crippen LogP contribution in [0.15, 0.2) is 44.9 Å². The van der Waals surface area contributed by atoms with Crippen molar-refractivity contribution in [2.75, 3.05) is 0 Å². The van der Waals surface area contributed by atoms with Crippen molar-refractivity contribution >= 4 is 0 Å². The summed E-state index contributed by atoms with van der Waals surface area (Å²) in [5.41, 5.74) is 8.47. The maximum Gasteiger partial charge on any atom is 0.228 e. The topological polar surface area (TPSA) is 109 Å². The van der Waals surface area contributed by atoms with Crippen molar-refractivity contribution in [2.24, 2.45) is 5.73 Å². The molecule has 24 heavy (non-hydrogen) atoms. The van der Waals surface area contributed by atoms with Crippen LogP contribution in [0.1, 0.15) is 34.1 Å². The first-order valence-electron chi connectivity index (χ1n) is 7.38. The molecule has 1 aliphatic rings. The van der Waals surface area contributed by atoms with Gasteiger partial charge in [-0.05, 0) is 30.5 Å². The standard InChI is InChI=1S/C18H16N2O4/c1-9-3-4-11(5-10(9)2)15-13(7-19)18(20)24-16-14(22)6-12(8-21)23-17(15)16/h3-6,15,21H,8,20H2,1-2H3. The van der Waals surface area contributed by atoms with E-state index >= 15 is 0 Å². The van der Waals surface area contributed by atoms with Crippen molar-refractivity contribution < 1.29 is 14.3 Å². The Kier molecular flexibility index (Phi) is 3.87. The fourth-order valence-corrected chi connectivity index (χ4v) is 2.74. The second-order valence-electron chi connectivity index (χ2n) is 5.70. The molecule has 0 spiro atoms. The molecule has 3 rings (SSSR count). The number of hydrogen-bond donors (Lipinski definition) is 2. The zero-order valence-corrected chi connectivity index (χ0v) is 13.3. The molecular weight excluding hydrogens is 308 g/mol.